The molecule has 0 saturated carbocycles. The lowest BCUT2D eigenvalue weighted by Crippen LogP contribution is -2.12. The predicted molar refractivity (Wildman–Crippen MR) is 81.6 cm³/mol. The normalized spacial score (nSPS) is 12.6. The minimum absolute atomic E-state index is 0.125. The molecule has 0 bridgehead atoms. The molecule has 0 spiro atoms. The molecule has 0 unspecified atom stereocenters. The van der Waals surface area contributed by atoms with Crippen LogP contribution in [0.1, 0.15) is 11.1 Å². The molecule has 2 nitrogen and oxygen atoms in total. The number of halogens is 6. The molecule has 25 heavy (non-hydrogen) atoms. The van der Waals surface area contributed by atoms with Gasteiger partial charge >= 0.3 is 12.4 Å². The maximum Gasteiger partial charge on any atom is 0.417 e. The number of benzene rings is 2. The molecule has 2 aromatic carbocycles. The first-order valence-corrected chi connectivity index (χ1v) is 7.00. The van der Waals surface area contributed by atoms with Gasteiger partial charge < -0.3 is 5.73 Å². The van der Waals surface area contributed by atoms with Crippen molar-refractivity contribution in [2.45, 2.75) is 12.4 Å². The van der Waals surface area contributed by atoms with Gasteiger partial charge in [-0.15, -0.1) is 0 Å². The molecule has 0 aliphatic rings. The molecule has 1 heterocycles. The summed E-state index contributed by atoms with van der Waals surface area (Å²) >= 11 is 0. The molecule has 0 aliphatic heterocycles. The van der Waals surface area contributed by atoms with Crippen LogP contribution in [0.25, 0.3) is 21.9 Å². The van der Waals surface area contributed by atoms with Crippen LogP contribution >= 0.6 is 0 Å². The molecule has 130 valence electrons. The zero-order chi connectivity index (χ0) is 18.4. The van der Waals surface area contributed by atoms with Gasteiger partial charge in [0, 0.05) is 11.6 Å². The van der Waals surface area contributed by atoms with Crippen molar-refractivity contribution in [3.8, 4) is 11.1 Å². The number of anilines is 1. The molecule has 3 rings (SSSR count). The fourth-order valence-corrected chi connectivity index (χ4v) is 2.58. The zero-order valence-corrected chi connectivity index (χ0v) is 12.4. The highest BCUT2D eigenvalue weighted by Crippen LogP contribution is 2.41. The summed E-state index contributed by atoms with van der Waals surface area (Å²) in [5, 5.41) is 1.09. The second kappa shape index (κ2) is 5.65. The molecule has 0 amide bonds. The van der Waals surface area contributed by atoms with Gasteiger partial charge in [0.15, 0.2) is 0 Å². The fourth-order valence-electron chi connectivity index (χ4n) is 2.58. The van der Waals surface area contributed by atoms with Crippen LogP contribution in [0.2, 0.25) is 0 Å². The average Bonchev–Trinajstić information content (AvgIpc) is 2.52. The molecular weight excluding hydrogens is 346 g/mol. The lowest BCUT2D eigenvalue weighted by molar-refractivity contribution is -0.142. The summed E-state index contributed by atoms with van der Waals surface area (Å²) in [6.45, 7) is 0. The first kappa shape index (κ1) is 17.1. The number of nitrogens with two attached hydrogens (primary N) is 1. The van der Waals surface area contributed by atoms with Gasteiger partial charge in [-0.3, -0.25) is 0 Å². The first-order chi connectivity index (χ1) is 11.6. The van der Waals surface area contributed by atoms with E-state index in [2.05, 4.69) is 4.98 Å². The van der Waals surface area contributed by atoms with Gasteiger partial charge in [-0.25, -0.2) is 4.98 Å². The first-order valence-electron chi connectivity index (χ1n) is 7.00. The van der Waals surface area contributed by atoms with Crippen molar-refractivity contribution in [2.75, 3.05) is 5.73 Å². The molecule has 0 aliphatic carbocycles. The summed E-state index contributed by atoms with van der Waals surface area (Å²) < 4.78 is 78.1. The zero-order valence-electron chi connectivity index (χ0n) is 12.4. The van der Waals surface area contributed by atoms with Crippen molar-refractivity contribution in [2.24, 2.45) is 0 Å². The summed E-state index contributed by atoms with van der Waals surface area (Å²) in [7, 11) is 0. The summed E-state index contributed by atoms with van der Waals surface area (Å²) in [6.07, 6.45) is -8.39. The van der Waals surface area contributed by atoms with E-state index in [1.54, 1.807) is 6.07 Å². The topological polar surface area (TPSA) is 38.9 Å². The summed E-state index contributed by atoms with van der Waals surface area (Å²) in [5.74, 6) is 0.215. The number of hydrogen-bond acceptors (Lipinski definition) is 2. The highest BCUT2D eigenvalue weighted by atomic mass is 19.4. The largest absolute Gasteiger partial charge is 0.417 e. The van der Waals surface area contributed by atoms with Gasteiger partial charge in [-0.2, -0.15) is 26.3 Å². The van der Waals surface area contributed by atoms with E-state index in [9.17, 15) is 26.3 Å². The van der Waals surface area contributed by atoms with Gasteiger partial charge in [0.1, 0.15) is 5.82 Å². The second-order valence-corrected chi connectivity index (χ2v) is 5.39. The highest BCUT2D eigenvalue weighted by Gasteiger charge is 2.38. The number of rotatable bonds is 1. The Kier molecular flexibility index (Phi) is 3.85. The Morgan fingerprint density at radius 2 is 1.52 bits per heavy atom. The van der Waals surface area contributed by atoms with E-state index in [0.717, 1.165) is 6.07 Å². The molecule has 0 atom stereocenters. The number of alkyl halides is 6. The van der Waals surface area contributed by atoms with Crippen LogP contribution < -0.4 is 5.73 Å². The Bertz CT molecular complexity index is 944. The molecule has 3 aromatic rings. The van der Waals surface area contributed by atoms with E-state index in [-0.39, 0.29) is 23.0 Å². The van der Waals surface area contributed by atoms with Crippen molar-refractivity contribution in [3.05, 3.63) is 59.8 Å². The maximum atomic E-state index is 13.3. The van der Waals surface area contributed by atoms with Gasteiger partial charge in [-0.1, -0.05) is 18.2 Å². The van der Waals surface area contributed by atoms with Crippen LogP contribution in [0.15, 0.2) is 48.7 Å². The molecular formula is C17H10F6N2. The third-order valence-corrected chi connectivity index (χ3v) is 3.76. The maximum absolute atomic E-state index is 13.3. The third-order valence-electron chi connectivity index (χ3n) is 3.76. The predicted octanol–water partition coefficient (Wildman–Crippen LogP) is 5.52. The van der Waals surface area contributed by atoms with Crippen LogP contribution in [-0.2, 0) is 12.4 Å². The smallest absolute Gasteiger partial charge is 0.383 e. The Hall–Kier alpha value is -2.77. The lowest BCUT2D eigenvalue weighted by atomic mass is 9.95. The number of fused-ring (bicyclic) bond motifs is 1. The van der Waals surface area contributed by atoms with E-state index >= 15 is 0 Å². The number of hydrogen-bond donors (Lipinski definition) is 1. The van der Waals surface area contributed by atoms with Crippen molar-refractivity contribution >= 4 is 16.6 Å². The lowest BCUT2D eigenvalue weighted by Gasteiger charge is -2.16. The van der Waals surface area contributed by atoms with E-state index in [1.807, 2.05) is 0 Å². The Morgan fingerprint density at radius 1 is 0.800 bits per heavy atom. The number of aromatic nitrogens is 1. The van der Waals surface area contributed by atoms with Crippen molar-refractivity contribution in [1.82, 2.24) is 4.98 Å². The Labute approximate surface area is 137 Å². The fraction of sp³-hybridized carbons (Fsp3) is 0.118. The summed E-state index contributed by atoms with van der Waals surface area (Å²) in [4.78, 5) is 3.88. The van der Waals surface area contributed by atoms with Crippen LogP contribution in [-0.4, -0.2) is 4.98 Å². The van der Waals surface area contributed by atoms with E-state index in [4.69, 9.17) is 5.73 Å². The molecule has 2 N–H and O–H groups in total. The van der Waals surface area contributed by atoms with Gasteiger partial charge in [-0.05, 0) is 40.8 Å². The van der Waals surface area contributed by atoms with Crippen LogP contribution in [0.4, 0.5) is 32.2 Å². The van der Waals surface area contributed by atoms with E-state index in [0.29, 0.717) is 16.8 Å². The minimum atomic E-state index is -4.93. The molecule has 8 heteroatoms. The summed E-state index contributed by atoms with van der Waals surface area (Å²) in [6, 6.07) is 7.45. The molecule has 0 saturated heterocycles. The quantitative estimate of drug-likeness (QED) is 0.583. The van der Waals surface area contributed by atoms with Crippen molar-refractivity contribution in [1.29, 1.82) is 0 Å². The Balaban J connectivity index is 2.23. The second-order valence-electron chi connectivity index (χ2n) is 5.39. The molecule has 1 aromatic heterocycles. The van der Waals surface area contributed by atoms with Crippen LogP contribution in [0, 0.1) is 0 Å². The van der Waals surface area contributed by atoms with Gasteiger partial charge in [0.2, 0.25) is 0 Å². The number of nitrogen functional groups attached to an aromatic ring is 1. The van der Waals surface area contributed by atoms with Gasteiger partial charge in [0.25, 0.3) is 0 Å². The van der Waals surface area contributed by atoms with Crippen LogP contribution in [0.5, 0.6) is 0 Å². The third kappa shape index (κ3) is 3.24. The van der Waals surface area contributed by atoms with Gasteiger partial charge in [0.05, 0.1) is 11.1 Å². The SMILES string of the molecule is Nc1nccc2cc(-c3ccc(C(F)(F)F)cc3C(F)(F)F)ccc12. The molecule has 0 fully saturated rings. The monoisotopic (exact) mass is 356 g/mol. The Morgan fingerprint density at radius 3 is 2.16 bits per heavy atom. The van der Waals surface area contributed by atoms with Crippen molar-refractivity contribution < 1.29 is 26.3 Å². The van der Waals surface area contributed by atoms with Crippen LogP contribution in [0.3, 0.4) is 0 Å². The number of pyridine rings is 1. The number of nitrogens with zero attached hydrogens (tertiary/aromatic N) is 1. The average molecular weight is 356 g/mol. The standard InChI is InChI=1S/C17H10F6N2/c18-16(19,20)11-2-4-12(14(8-11)17(21,22)23)9-1-3-13-10(7-9)5-6-25-15(13)24/h1-8H,(H2,24,25). The van der Waals surface area contributed by atoms with E-state index < -0.39 is 23.5 Å². The molecule has 0 radical (unpaired) electrons. The van der Waals surface area contributed by atoms with Crippen molar-refractivity contribution in [3.63, 3.8) is 0 Å². The van der Waals surface area contributed by atoms with E-state index in [1.165, 1.54) is 24.4 Å². The highest BCUT2D eigenvalue weighted by molar-refractivity contribution is 5.94. The minimum Gasteiger partial charge on any atom is -0.383 e. The summed E-state index contributed by atoms with van der Waals surface area (Å²) in [5.41, 5.74) is 2.81.